The van der Waals surface area contributed by atoms with Crippen LogP contribution >= 0.6 is 11.6 Å². The van der Waals surface area contributed by atoms with Crippen molar-refractivity contribution in [3.63, 3.8) is 0 Å². The number of rotatable bonds is 7. The molecule has 0 spiro atoms. The lowest BCUT2D eigenvalue weighted by Crippen LogP contribution is -2.22. The number of anilines is 1. The van der Waals surface area contributed by atoms with E-state index in [9.17, 15) is 0 Å². The fourth-order valence-corrected chi connectivity index (χ4v) is 3.61. The fourth-order valence-electron chi connectivity index (χ4n) is 3.35. The Morgan fingerprint density at radius 3 is 1.83 bits per heavy atom. The van der Waals surface area contributed by atoms with Gasteiger partial charge in [0.05, 0.1) is 0 Å². The second kappa shape index (κ2) is 9.32. The second-order valence-electron chi connectivity index (χ2n) is 7.12. The number of benzene rings is 1. The Labute approximate surface area is 154 Å². The quantitative estimate of drug-likeness (QED) is 0.398. The lowest BCUT2D eigenvalue weighted by atomic mass is 9.92. The molecule has 1 rings (SSSR count). The van der Waals surface area contributed by atoms with Gasteiger partial charge in [-0.1, -0.05) is 23.3 Å². The van der Waals surface area contributed by atoms with Crippen molar-refractivity contribution >= 4 is 17.3 Å². The van der Waals surface area contributed by atoms with E-state index in [-0.39, 0.29) is 0 Å². The highest BCUT2D eigenvalue weighted by Gasteiger charge is 2.15. The molecule has 0 radical (unpaired) electrons. The van der Waals surface area contributed by atoms with Crippen molar-refractivity contribution in [3.8, 4) is 0 Å². The molecule has 0 aliphatic carbocycles. The van der Waals surface area contributed by atoms with Crippen LogP contribution in [0, 0.1) is 34.6 Å². The summed E-state index contributed by atoms with van der Waals surface area (Å²) >= 11 is 5.74. The predicted molar refractivity (Wildman–Crippen MR) is 111 cm³/mol. The van der Waals surface area contributed by atoms with Gasteiger partial charge in [0.2, 0.25) is 0 Å². The molecule has 24 heavy (non-hydrogen) atoms. The molecular weight excluding hydrogens is 314 g/mol. The molecule has 0 amide bonds. The van der Waals surface area contributed by atoms with Gasteiger partial charge in [-0.2, -0.15) is 0 Å². The normalized spacial score (nSPS) is 12.7. The second-order valence-corrected chi connectivity index (χ2v) is 7.43. The summed E-state index contributed by atoms with van der Waals surface area (Å²) in [6, 6.07) is 0. The van der Waals surface area contributed by atoms with Crippen LogP contribution in [0.2, 0.25) is 0 Å². The van der Waals surface area contributed by atoms with E-state index < -0.39 is 0 Å². The Kier molecular flexibility index (Phi) is 8.09. The van der Waals surface area contributed by atoms with Crippen molar-refractivity contribution in [2.24, 2.45) is 0 Å². The topological polar surface area (TPSA) is 3.24 Å². The Morgan fingerprint density at radius 2 is 1.33 bits per heavy atom. The van der Waals surface area contributed by atoms with Crippen LogP contribution in [-0.4, -0.2) is 19.5 Å². The van der Waals surface area contributed by atoms with Crippen molar-refractivity contribution in [1.82, 2.24) is 0 Å². The standard InChI is InChI=1S/C22H34ClN/c1-15(12-13-23)10-9-11-16(2)14-24(8)22-20(6)18(4)17(3)19(5)21(22)7/h11-12H,9-10,13-14H2,1-8H3/b15-12+,16-11+. The summed E-state index contributed by atoms with van der Waals surface area (Å²) in [7, 11) is 2.21. The van der Waals surface area contributed by atoms with Crippen LogP contribution in [0.15, 0.2) is 23.3 Å². The molecule has 0 atom stereocenters. The number of halogens is 1. The average molecular weight is 348 g/mol. The minimum absolute atomic E-state index is 0.613. The Balaban J connectivity index is 2.89. The molecule has 0 aliphatic rings. The third kappa shape index (κ3) is 5.14. The molecule has 0 heterocycles. The van der Waals surface area contributed by atoms with Crippen molar-refractivity contribution < 1.29 is 0 Å². The van der Waals surface area contributed by atoms with Gasteiger partial charge in [0, 0.05) is 25.2 Å². The maximum absolute atomic E-state index is 5.74. The zero-order chi connectivity index (χ0) is 18.4. The summed E-state index contributed by atoms with van der Waals surface area (Å²) in [6.45, 7) is 16.6. The highest BCUT2D eigenvalue weighted by atomic mass is 35.5. The van der Waals surface area contributed by atoms with E-state index in [0.29, 0.717) is 5.88 Å². The zero-order valence-electron chi connectivity index (χ0n) is 16.8. The summed E-state index contributed by atoms with van der Waals surface area (Å²) in [5.74, 6) is 0.613. The lowest BCUT2D eigenvalue weighted by molar-refractivity contribution is 0.921. The highest BCUT2D eigenvalue weighted by Crippen LogP contribution is 2.32. The monoisotopic (exact) mass is 347 g/mol. The number of allylic oxidation sites excluding steroid dienone is 3. The summed E-state index contributed by atoms with van der Waals surface area (Å²) in [5.41, 5.74) is 11.3. The average Bonchev–Trinajstić information content (AvgIpc) is 2.51. The van der Waals surface area contributed by atoms with E-state index in [1.165, 1.54) is 44.7 Å². The Morgan fingerprint density at radius 1 is 0.833 bits per heavy atom. The molecule has 0 unspecified atom stereocenters. The van der Waals surface area contributed by atoms with Gasteiger partial charge in [0.15, 0.2) is 0 Å². The van der Waals surface area contributed by atoms with Crippen LogP contribution in [0.25, 0.3) is 0 Å². The fraction of sp³-hybridized carbons (Fsp3) is 0.545. The van der Waals surface area contributed by atoms with Gasteiger partial charge in [0.1, 0.15) is 0 Å². The largest absolute Gasteiger partial charge is 0.370 e. The van der Waals surface area contributed by atoms with E-state index in [0.717, 1.165) is 19.4 Å². The van der Waals surface area contributed by atoms with Crippen molar-refractivity contribution in [2.75, 3.05) is 24.4 Å². The summed E-state index contributed by atoms with van der Waals surface area (Å²) in [4.78, 5) is 2.40. The van der Waals surface area contributed by atoms with E-state index in [1.807, 2.05) is 0 Å². The third-order valence-electron chi connectivity index (χ3n) is 5.29. The van der Waals surface area contributed by atoms with Crippen LogP contribution in [0.5, 0.6) is 0 Å². The molecule has 0 saturated heterocycles. The Bertz CT molecular complexity index is 609. The van der Waals surface area contributed by atoms with Crippen LogP contribution in [0.1, 0.15) is 54.5 Å². The molecule has 0 bridgehead atoms. The number of nitrogens with zero attached hydrogens (tertiary/aromatic N) is 1. The minimum atomic E-state index is 0.613. The molecule has 1 aromatic carbocycles. The van der Waals surface area contributed by atoms with E-state index in [1.54, 1.807) is 0 Å². The lowest BCUT2D eigenvalue weighted by Gasteiger charge is -2.27. The van der Waals surface area contributed by atoms with Gasteiger partial charge in [-0.25, -0.2) is 0 Å². The van der Waals surface area contributed by atoms with Gasteiger partial charge in [-0.15, -0.1) is 11.6 Å². The van der Waals surface area contributed by atoms with E-state index in [4.69, 9.17) is 11.6 Å². The number of likely N-dealkylation sites (N-methyl/N-ethyl adjacent to an activating group) is 1. The first-order valence-electron chi connectivity index (χ1n) is 8.86. The summed E-state index contributed by atoms with van der Waals surface area (Å²) in [6.07, 6.45) is 6.64. The molecule has 1 nitrogen and oxygen atoms in total. The van der Waals surface area contributed by atoms with Gasteiger partial charge in [0.25, 0.3) is 0 Å². The number of hydrogen-bond donors (Lipinski definition) is 0. The highest BCUT2D eigenvalue weighted by molar-refractivity contribution is 6.18. The van der Waals surface area contributed by atoms with Crippen molar-refractivity contribution in [2.45, 2.75) is 61.3 Å². The molecule has 0 aromatic heterocycles. The first-order chi connectivity index (χ1) is 11.2. The van der Waals surface area contributed by atoms with Gasteiger partial charge < -0.3 is 4.90 Å². The smallest absolute Gasteiger partial charge is 0.0431 e. The molecular formula is C22H34ClN. The SMILES string of the molecule is C/C(=C\CCl)CC/C=C(\C)CN(C)c1c(C)c(C)c(C)c(C)c1C. The van der Waals surface area contributed by atoms with Crippen molar-refractivity contribution in [3.05, 3.63) is 51.1 Å². The molecule has 0 aliphatic heterocycles. The van der Waals surface area contributed by atoms with E-state index in [2.05, 4.69) is 72.6 Å². The Hall–Kier alpha value is -1.21. The first kappa shape index (κ1) is 20.8. The molecule has 2 heteroatoms. The number of hydrogen-bond acceptors (Lipinski definition) is 1. The van der Waals surface area contributed by atoms with Gasteiger partial charge in [-0.3, -0.25) is 0 Å². The van der Waals surface area contributed by atoms with Crippen LogP contribution in [-0.2, 0) is 0 Å². The summed E-state index contributed by atoms with van der Waals surface area (Å²) < 4.78 is 0. The molecule has 0 fully saturated rings. The van der Waals surface area contributed by atoms with Crippen LogP contribution in [0.3, 0.4) is 0 Å². The molecule has 0 N–H and O–H groups in total. The van der Waals surface area contributed by atoms with Crippen LogP contribution < -0.4 is 4.90 Å². The predicted octanol–water partition coefficient (Wildman–Crippen LogP) is 6.58. The molecule has 0 saturated carbocycles. The van der Waals surface area contributed by atoms with Gasteiger partial charge >= 0.3 is 0 Å². The maximum Gasteiger partial charge on any atom is 0.0431 e. The maximum atomic E-state index is 5.74. The number of alkyl halides is 1. The van der Waals surface area contributed by atoms with Crippen LogP contribution in [0.4, 0.5) is 5.69 Å². The molecule has 1 aromatic rings. The zero-order valence-corrected chi connectivity index (χ0v) is 17.6. The summed E-state index contributed by atoms with van der Waals surface area (Å²) in [5, 5.41) is 0. The minimum Gasteiger partial charge on any atom is -0.370 e. The van der Waals surface area contributed by atoms with E-state index >= 15 is 0 Å². The molecule has 134 valence electrons. The van der Waals surface area contributed by atoms with Crippen molar-refractivity contribution in [1.29, 1.82) is 0 Å². The van der Waals surface area contributed by atoms with Gasteiger partial charge in [-0.05, 0) is 89.1 Å². The first-order valence-corrected chi connectivity index (χ1v) is 9.39. The third-order valence-corrected chi connectivity index (χ3v) is 5.44.